The molecule has 126 valence electrons. The summed E-state index contributed by atoms with van der Waals surface area (Å²) in [6, 6.07) is 4.98. The predicted molar refractivity (Wildman–Crippen MR) is 85.8 cm³/mol. The highest BCUT2D eigenvalue weighted by Crippen LogP contribution is 2.17. The summed E-state index contributed by atoms with van der Waals surface area (Å²) in [5.74, 6) is -1.87. The Hall–Kier alpha value is -3.16. The molecule has 1 aromatic heterocycles. The average Bonchev–Trinajstić information content (AvgIpc) is 2.50. The number of aromatic amines is 1. The molecule has 0 saturated carbocycles. The number of aliphatic carboxylic acids is 1. The van der Waals surface area contributed by atoms with Gasteiger partial charge in [0.2, 0.25) is 5.91 Å². The molecule has 0 bridgehead atoms. The monoisotopic (exact) mass is 331 g/mol. The number of H-pyrrole nitrogens is 1. The van der Waals surface area contributed by atoms with Gasteiger partial charge in [-0.2, -0.15) is 0 Å². The first-order valence-electron chi connectivity index (χ1n) is 7.17. The second kappa shape index (κ2) is 6.95. The van der Waals surface area contributed by atoms with Crippen molar-refractivity contribution in [2.45, 2.75) is 26.4 Å². The lowest BCUT2D eigenvalue weighted by Crippen LogP contribution is -2.39. The molecule has 0 aliphatic carbocycles. The van der Waals surface area contributed by atoms with Gasteiger partial charge in [0, 0.05) is 12.3 Å². The third-order valence-corrected chi connectivity index (χ3v) is 3.63. The minimum absolute atomic E-state index is 0.399. The van der Waals surface area contributed by atoms with Crippen molar-refractivity contribution in [1.82, 2.24) is 14.9 Å². The van der Waals surface area contributed by atoms with Crippen LogP contribution in [-0.4, -0.2) is 26.5 Å². The average molecular weight is 331 g/mol. The lowest BCUT2D eigenvalue weighted by molar-refractivity contribution is -0.142. The van der Waals surface area contributed by atoms with Gasteiger partial charge >= 0.3 is 11.7 Å². The third-order valence-electron chi connectivity index (χ3n) is 3.63. The van der Waals surface area contributed by atoms with Gasteiger partial charge in [-0.05, 0) is 30.5 Å². The first-order valence-corrected chi connectivity index (χ1v) is 7.17. The number of nitrogens with zero attached hydrogens (tertiary/aromatic N) is 1. The Balaban J connectivity index is 2.19. The van der Waals surface area contributed by atoms with Gasteiger partial charge < -0.3 is 10.4 Å². The van der Waals surface area contributed by atoms with Crippen LogP contribution < -0.4 is 16.6 Å². The minimum Gasteiger partial charge on any atom is -0.479 e. The summed E-state index contributed by atoms with van der Waals surface area (Å²) >= 11 is 0. The Morgan fingerprint density at radius 1 is 1.21 bits per heavy atom. The van der Waals surface area contributed by atoms with Crippen LogP contribution in [0.15, 0.2) is 40.1 Å². The van der Waals surface area contributed by atoms with Crippen LogP contribution in [0.1, 0.15) is 22.7 Å². The zero-order chi connectivity index (χ0) is 17.9. The van der Waals surface area contributed by atoms with E-state index in [0.29, 0.717) is 5.56 Å². The number of rotatable bonds is 5. The van der Waals surface area contributed by atoms with Gasteiger partial charge in [0.05, 0.1) is 0 Å². The smallest absolute Gasteiger partial charge is 0.330 e. The van der Waals surface area contributed by atoms with E-state index >= 15 is 0 Å². The topological polar surface area (TPSA) is 121 Å². The van der Waals surface area contributed by atoms with Crippen molar-refractivity contribution in [3.8, 4) is 0 Å². The molecule has 1 atom stereocenters. The van der Waals surface area contributed by atoms with Crippen LogP contribution in [0.25, 0.3) is 0 Å². The van der Waals surface area contributed by atoms with Crippen LogP contribution in [0.2, 0.25) is 0 Å². The summed E-state index contributed by atoms with van der Waals surface area (Å²) in [6.45, 7) is 3.35. The summed E-state index contributed by atoms with van der Waals surface area (Å²) < 4.78 is 0.982. The third kappa shape index (κ3) is 3.97. The highest BCUT2D eigenvalue weighted by atomic mass is 16.4. The molecule has 0 radical (unpaired) electrons. The van der Waals surface area contributed by atoms with E-state index in [1.54, 1.807) is 18.2 Å². The molecular weight excluding hydrogens is 314 g/mol. The summed E-state index contributed by atoms with van der Waals surface area (Å²) in [4.78, 5) is 48.1. The largest absolute Gasteiger partial charge is 0.479 e. The molecule has 0 aliphatic heterocycles. The molecule has 1 heterocycles. The first-order chi connectivity index (χ1) is 11.3. The van der Waals surface area contributed by atoms with Gasteiger partial charge in [0.15, 0.2) is 6.04 Å². The van der Waals surface area contributed by atoms with Gasteiger partial charge in [-0.25, -0.2) is 9.59 Å². The van der Waals surface area contributed by atoms with Crippen LogP contribution in [0.5, 0.6) is 0 Å². The van der Waals surface area contributed by atoms with E-state index in [2.05, 4.69) is 5.32 Å². The van der Waals surface area contributed by atoms with Crippen molar-refractivity contribution in [3.63, 3.8) is 0 Å². The number of hydrogen-bond donors (Lipinski definition) is 3. The molecule has 8 nitrogen and oxygen atoms in total. The zero-order valence-corrected chi connectivity index (χ0v) is 13.2. The number of carboxylic acid groups (broad SMARTS) is 1. The quantitative estimate of drug-likeness (QED) is 0.717. The Bertz CT molecular complexity index is 897. The summed E-state index contributed by atoms with van der Waals surface area (Å²) in [5, 5.41) is 11.7. The standard InChI is InChI=1S/C16H17N3O5/c1-9-3-4-11(7-10(9)2)14(15(22)23)17-13(21)8-19-6-5-12(20)18-16(19)24/h3-7,14H,8H2,1-2H3,(H,17,21)(H,22,23)(H,18,20,24). The highest BCUT2D eigenvalue weighted by Gasteiger charge is 2.22. The molecule has 8 heteroatoms. The van der Waals surface area contributed by atoms with Crippen LogP contribution in [-0.2, 0) is 16.1 Å². The van der Waals surface area contributed by atoms with E-state index in [9.17, 15) is 24.3 Å². The van der Waals surface area contributed by atoms with E-state index in [-0.39, 0.29) is 0 Å². The van der Waals surface area contributed by atoms with E-state index in [1.165, 1.54) is 6.20 Å². The molecule has 3 N–H and O–H groups in total. The molecular formula is C16H17N3O5. The summed E-state index contributed by atoms with van der Waals surface area (Å²) in [5.41, 5.74) is 1.04. The number of benzene rings is 1. The fourth-order valence-corrected chi connectivity index (χ4v) is 2.16. The molecule has 2 aromatic rings. The van der Waals surface area contributed by atoms with Crippen molar-refractivity contribution < 1.29 is 14.7 Å². The predicted octanol–water partition coefficient (Wildman–Crippen LogP) is 0.0955. The molecule has 0 fully saturated rings. The number of nitrogens with one attached hydrogen (secondary N) is 2. The van der Waals surface area contributed by atoms with Crippen LogP contribution in [0.4, 0.5) is 0 Å². The first kappa shape index (κ1) is 17.2. The van der Waals surface area contributed by atoms with E-state index < -0.39 is 35.7 Å². The van der Waals surface area contributed by atoms with Crippen molar-refractivity contribution in [1.29, 1.82) is 0 Å². The number of carbonyl (C=O) groups excluding carboxylic acids is 1. The number of amides is 1. The Kier molecular flexibility index (Phi) is 4.98. The number of hydrogen-bond acceptors (Lipinski definition) is 4. The number of aryl methyl sites for hydroxylation is 2. The molecule has 2 rings (SSSR count). The Labute approximate surface area is 136 Å². The zero-order valence-electron chi connectivity index (χ0n) is 13.2. The minimum atomic E-state index is -1.23. The lowest BCUT2D eigenvalue weighted by Gasteiger charge is -2.16. The molecule has 1 aromatic carbocycles. The van der Waals surface area contributed by atoms with Crippen LogP contribution in [0.3, 0.4) is 0 Å². The number of carboxylic acids is 1. The normalized spacial score (nSPS) is 11.8. The second-order valence-corrected chi connectivity index (χ2v) is 5.42. The molecule has 1 unspecified atom stereocenters. The molecule has 24 heavy (non-hydrogen) atoms. The molecule has 0 spiro atoms. The van der Waals surface area contributed by atoms with Crippen molar-refractivity contribution in [2.24, 2.45) is 0 Å². The van der Waals surface area contributed by atoms with Crippen molar-refractivity contribution in [2.75, 3.05) is 0 Å². The second-order valence-electron chi connectivity index (χ2n) is 5.42. The van der Waals surface area contributed by atoms with Gasteiger partial charge in [0.1, 0.15) is 6.54 Å². The van der Waals surface area contributed by atoms with Crippen LogP contribution >= 0.6 is 0 Å². The molecule has 0 saturated heterocycles. The Morgan fingerprint density at radius 3 is 2.50 bits per heavy atom. The lowest BCUT2D eigenvalue weighted by atomic mass is 10.0. The SMILES string of the molecule is Cc1ccc(C(NC(=O)Cn2ccc(=O)[nH]c2=O)C(=O)O)cc1C. The van der Waals surface area contributed by atoms with E-state index in [1.807, 2.05) is 18.8 Å². The van der Waals surface area contributed by atoms with E-state index in [4.69, 9.17) is 0 Å². The number of aromatic nitrogens is 2. The summed E-state index contributed by atoms with van der Waals surface area (Å²) in [7, 11) is 0. The van der Waals surface area contributed by atoms with Crippen molar-refractivity contribution >= 4 is 11.9 Å². The van der Waals surface area contributed by atoms with Gasteiger partial charge in [0.25, 0.3) is 5.56 Å². The maximum atomic E-state index is 12.1. The molecule has 0 aliphatic rings. The summed E-state index contributed by atoms with van der Waals surface area (Å²) in [6.07, 6.45) is 1.17. The van der Waals surface area contributed by atoms with Crippen molar-refractivity contribution in [3.05, 3.63) is 68.0 Å². The maximum Gasteiger partial charge on any atom is 0.330 e. The highest BCUT2D eigenvalue weighted by molar-refractivity contribution is 5.84. The molecule has 1 amide bonds. The van der Waals surface area contributed by atoms with Gasteiger partial charge in [-0.1, -0.05) is 18.2 Å². The van der Waals surface area contributed by atoms with Gasteiger partial charge in [-0.15, -0.1) is 0 Å². The Morgan fingerprint density at radius 2 is 1.92 bits per heavy atom. The number of carbonyl (C=O) groups is 2. The van der Waals surface area contributed by atoms with Crippen LogP contribution in [0, 0.1) is 13.8 Å². The maximum absolute atomic E-state index is 12.1. The fourth-order valence-electron chi connectivity index (χ4n) is 2.16. The van der Waals surface area contributed by atoms with Gasteiger partial charge in [-0.3, -0.25) is 19.1 Å². The fraction of sp³-hybridized carbons (Fsp3) is 0.250. The van der Waals surface area contributed by atoms with E-state index in [0.717, 1.165) is 21.8 Å².